The number of hydrogen-bond acceptors (Lipinski definition) is 7. The van der Waals surface area contributed by atoms with Gasteiger partial charge in [0, 0.05) is 5.56 Å². The maximum atomic E-state index is 6.03. The minimum absolute atomic E-state index is 0.514. The van der Waals surface area contributed by atoms with Crippen LogP contribution in [-0.2, 0) is 6.42 Å². The number of hydrogen-bond donors (Lipinski definition) is 0. The van der Waals surface area contributed by atoms with Crippen molar-refractivity contribution < 1.29 is 0 Å². The van der Waals surface area contributed by atoms with Crippen molar-refractivity contribution in [2.24, 2.45) is 0 Å². The van der Waals surface area contributed by atoms with Crippen LogP contribution in [0.1, 0.15) is 12.5 Å². The van der Waals surface area contributed by atoms with Crippen molar-refractivity contribution in [2.45, 2.75) is 27.0 Å². The summed E-state index contributed by atoms with van der Waals surface area (Å²) in [4.78, 5) is 8.22. The number of nitrogens with zero attached hydrogens (tertiary/aromatic N) is 4. The van der Waals surface area contributed by atoms with Gasteiger partial charge < -0.3 is 0 Å². The largest absolute Gasteiger partial charge is 0.229 e. The minimum atomic E-state index is 0.514. The first-order valence-electron chi connectivity index (χ1n) is 4.79. The van der Waals surface area contributed by atoms with Gasteiger partial charge in [-0.05, 0) is 24.4 Å². The summed E-state index contributed by atoms with van der Waals surface area (Å²) in [6.07, 6.45) is 4.25. The average molecular weight is 305 g/mol. The molecule has 90 valence electrons. The fraction of sp³-hybridized carbons (Fsp3) is 0.333. The van der Waals surface area contributed by atoms with Gasteiger partial charge in [-0.2, -0.15) is 0 Å². The van der Waals surface area contributed by atoms with E-state index in [0.717, 1.165) is 25.7 Å². The average Bonchev–Trinajstić information content (AvgIpc) is 2.77. The van der Waals surface area contributed by atoms with Gasteiger partial charge in [0.25, 0.3) is 0 Å². The normalized spacial score (nSPS) is 10.8. The van der Waals surface area contributed by atoms with E-state index >= 15 is 0 Å². The lowest BCUT2D eigenvalue weighted by Gasteiger charge is -2.04. The van der Waals surface area contributed by atoms with Gasteiger partial charge in [-0.3, -0.25) is 0 Å². The number of rotatable bonds is 4. The highest BCUT2D eigenvalue weighted by Gasteiger charge is 2.12. The van der Waals surface area contributed by atoms with Crippen LogP contribution in [0.3, 0.4) is 0 Å². The van der Waals surface area contributed by atoms with E-state index in [1.54, 1.807) is 23.1 Å². The highest BCUT2D eigenvalue weighted by molar-refractivity contribution is 8.03. The zero-order valence-electron chi connectivity index (χ0n) is 9.18. The van der Waals surface area contributed by atoms with E-state index in [1.165, 1.54) is 18.1 Å². The molecule has 2 heterocycles. The lowest BCUT2D eigenvalue weighted by molar-refractivity contribution is 0.930. The van der Waals surface area contributed by atoms with Crippen molar-refractivity contribution in [1.82, 2.24) is 20.2 Å². The lowest BCUT2D eigenvalue weighted by atomic mass is 10.3. The van der Waals surface area contributed by atoms with Gasteiger partial charge in [-0.25, -0.2) is 9.97 Å². The zero-order valence-corrected chi connectivity index (χ0v) is 12.4. The van der Waals surface area contributed by atoms with E-state index in [9.17, 15) is 0 Å². The Morgan fingerprint density at radius 2 is 2.06 bits per heavy atom. The second-order valence-electron chi connectivity index (χ2n) is 2.94. The van der Waals surface area contributed by atoms with Crippen molar-refractivity contribution >= 4 is 46.5 Å². The highest BCUT2D eigenvalue weighted by Crippen LogP contribution is 2.34. The van der Waals surface area contributed by atoms with Crippen molar-refractivity contribution in [3.05, 3.63) is 17.0 Å². The molecule has 0 bridgehead atoms. The van der Waals surface area contributed by atoms with Crippen LogP contribution in [0.15, 0.2) is 20.0 Å². The van der Waals surface area contributed by atoms with Crippen LogP contribution in [0.25, 0.3) is 0 Å². The molecule has 0 atom stereocenters. The fourth-order valence-electron chi connectivity index (χ4n) is 1.16. The molecule has 2 rings (SSSR count). The van der Waals surface area contributed by atoms with E-state index in [1.807, 2.05) is 13.2 Å². The standard InChI is InChI=1S/C9H9ClN4S3/c1-3-5-6(10)11-4-12-7(5)16-9-14-13-8(15-2)17-9/h4H,3H2,1-2H3. The van der Waals surface area contributed by atoms with Crippen LogP contribution >= 0.6 is 46.5 Å². The van der Waals surface area contributed by atoms with Crippen LogP contribution < -0.4 is 0 Å². The van der Waals surface area contributed by atoms with Crippen LogP contribution in [0.4, 0.5) is 0 Å². The van der Waals surface area contributed by atoms with Crippen molar-refractivity contribution in [3.8, 4) is 0 Å². The fourth-order valence-corrected chi connectivity index (χ4v) is 4.00. The van der Waals surface area contributed by atoms with Gasteiger partial charge in [0.05, 0.1) is 0 Å². The Balaban J connectivity index is 2.26. The smallest absolute Gasteiger partial charge is 0.181 e. The second-order valence-corrected chi connectivity index (χ2v) is 6.57. The maximum absolute atomic E-state index is 6.03. The Kier molecular flexibility index (Phi) is 4.61. The molecular weight excluding hydrogens is 296 g/mol. The Hall–Kier alpha value is -0.370. The van der Waals surface area contributed by atoms with Crippen LogP contribution in [0, 0.1) is 0 Å². The van der Waals surface area contributed by atoms with E-state index < -0.39 is 0 Å². The molecule has 0 aliphatic heterocycles. The summed E-state index contributed by atoms with van der Waals surface area (Å²) in [7, 11) is 0. The summed E-state index contributed by atoms with van der Waals surface area (Å²) in [5.74, 6) is 0. The maximum Gasteiger partial charge on any atom is 0.181 e. The van der Waals surface area contributed by atoms with Gasteiger partial charge in [0.15, 0.2) is 8.68 Å². The zero-order chi connectivity index (χ0) is 12.3. The van der Waals surface area contributed by atoms with Gasteiger partial charge in [0.1, 0.15) is 16.5 Å². The van der Waals surface area contributed by atoms with Gasteiger partial charge in [-0.1, -0.05) is 41.6 Å². The number of aromatic nitrogens is 4. The second kappa shape index (κ2) is 5.99. The Bertz CT molecular complexity index is 517. The van der Waals surface area contributed by atoms with E-state index in [2.05, 4.69) is 20.2 Å². The van der Waals surface area contributed by atoms with E-state index in [0.29, 0.717) is 5.15 Å². The van der Waals surface area contributed by atoms with Crippen molar-refractivity contribution in [1.29, 1.82) is 0 Å². The Morgan fingerprint density at radius 1 is 1.29 bits per heavy atom. The summed E-state index contributed by atoms with van der Waals surface area (Å²) < 4.78 is 1.82. The lowest BCUT2D eigenvalue weighted by Crippen LogP contribution is -1.93. The summed E-state index contributed by atoms with van der Waals surface area (Å²) >= 11 is 10.7. The molecule has 0 aliphatic carbocycles. The molecule has 0 saturated carbocycles. The van der Waals surface area contributed by atoms with Gasteiger partial charge in [0.2, 0.25) is 0 Å². The molecule has 0 radical (unpaired) electrons. The topological polar surface area (TPSA) is 51.6 Å². The summed E-state index contributed by atoms with van der Waals surface area (Å²) in [5.41, 5.74) is 0.958. The predicted molar refractivity (Wildman–Crippen MR) is 72.2 cm³/mol. The van der Waals surface area contributed by atoms with Crippen molar-refractivity contribution in [3.63, 3.8) is 0 Å². The number of halogens is 1. The monoisotopic (exact) mass is 304 g/mol. The van der Waals surface area contributed by atoms with Gasteiger partial charge in [-0.15, -0.1) is 10.2 Å². The Labute approximate surface area is 117 Å². The third kappa shape index (κ3) is 3.09. The molecule has 2 aromatic rings. The third-order valence-electron chi connectivity index (χ3n) is 1.95. The van der Waals surface area contributed by atoms with Crippen LogP contribution in [0.5, 0.6) is 0 Å². The molecule has 2 aromatic heterocycles. The molecule has 0 spiro atoms. The predicted octanol–water partition coefficient (Wildman–Crippen LogP) is 3.42. The molecule has 0 unspecified atom stereocenters. The first-order chi connectivity index (χ1) is 8.24. The summed E-state index contributed by atoms with van der Waals surface area (Å²) in [5, 5.41) is 9.51. The molecule has 0 saturated heterocycles. The molecule has 0 amide bonds. The van der Waals surface area contributed by atoms with Gasteiger partial charge >= 0.3 is 0 Å². The van der Waals surface area contributed by atoms with E-state index in [4.69, 9.17) is 11.6 Å². The quantitative estimate of drug-likeness (QED) is 0.637. The first-order valence-corrected chi connectivity index (χ1v) is 8.03. The molecule has 8 heteroatoms. The molecule has 0 fully saturated rings. The van der Waals surface area contributed by atoms with E-state index in [-0.39, 0.29) is 0 Å². The number of thioether (sulfide) groups is 1. The molecule has 0 N–H and O–H groups in total. The summed E-state index contributed by atoms with van der Waals surface area (Å²) in [6, 6.07) is 0. The van der Waals surface area contributed by atoms with Crippen LogP contribution in [0.2, 0.25) is 5.15 Å². The molecular formula is C9H9ClN4S3. The van der Waals surface area contributed by atoms with Crippen LogP contribution in [-0.4, -0.2) is 26.4 Å². The summed E-state index contributed by atoms with van der Waals surface area (Å²) in [6.45, 7) is 2.03. The highest BCUT2D eigenvalue weighted by atomic mass is 35.5. The minimum Gasteiger partial charge on any atom is -0.229 e. The molecule has 0 aliphatic rings. The molecule has 4 nitrogen and oxygen atoms in total. The Morgan fingerprint density at radius 3 is 2.71 bits per heavy atom. The first kappa shape index (κ1) is 13.1. The van der Waals surface area contributed by atoms with Crippen molar-refractivity contribution in [2.75, 3.05) is 6.26 Å². The molecule has 17 heavy (non-hydrogen) atoms. The SMILES string of the molecule is CCc1c(Cl)ncnc1Sc1nnc(SC)s1. The molecule has 0 aromatic carbocycles. The third-order valence-corrected chi connectivity index (χ3v) is 5.27.